The molecule has 0 aliphatic rings. The van der Waals surface area contributed by atoms with E-state index in [9.17, 15) is 0 Å². The summed E-state index contributed by atoms with van der Waals surface area (Å²) in [6.45, 7) is 0. The molecule has 0 atom stereocenters. The van der Waals surface area contributed by atoms with Crippen molar-refractivity contribution in [2.24, 2.45) is 0 Å². The molecule has 9 heavy (non-hydrogen) atoms. The Morgan fingerprint density at radius 1 is 1.56 bits per heavy atom. The Hall–Kier alpha value is -0.630. The lowest BCUT2D eigenvalue weighted by Crippen LogP contribution is -1.81. The van der Waals surface area contributed by atoms with Gasteiger partial charge in [0.1, 0.15) is 0 Å². The summed E-state index contributed by atoms with van der Waals surface area (Å²) in [4.78, 5) is 1.13. The Morgan fingerprint density at radius 2 is 2.33 bits per heavy atom. The van der Waals surface area contributed by atoms with Crippen molar-refractivity contribution in [3.8, 4) is 0 Å². The second-order valence-electron chi connectivity index (χ2n) is 1.69. The first-order valence-corrected chi connectivity index (χ1v) is 3.86. The molecular weight excluding hydrogens is 130 g/mol. The van der Waals surface area contributed by atoms with E-state index in [0.29, 0.717) is 0 Å². The number of rotatable bonds is 1. The molecule has 1 aromatic rings. The van der Waals surface area contributed by atoms with Crippen LogP contribution in [0.15, 0.2) is 23.1 Å². The van der Waals surface area contributed by atoms with Crippen molar-refractivity contribution in [1.82, 2.24) is 0 Å². The fourth-order valence-electron chi connectivity index (χ4n) is 0.550. The van der Waals surface area contributed by atoms with Crippen LogP contribution in [0.4, 0.5) is 5.69 Å². The second kappa shape index (κ2) is 2.78. The van der Waals surface area contributed by atoms with Crippen molar-refractivity contribution in [1.29, 1.82) is 0 Å². The van der Waals surface area contributed by atoms with E-state index in [-0.39, 0.29) is 0 Å². The van der Waals surface area contributed by atoms with E-state index in [1.54, 1.807) is 17.8 Å². The molecule has 0 amide bonds. The monoisotopic (exact) mass is 138 g/mol. The lowest BCUT2D eigenvalue weighted by molar-refractivity contribution is 1.45. The first kappa shape index (κ1) is 6.49. The van der Waals surface area contributed by atoms with Gasteiger partial charge < -0.3 is 5.73 Å². The molecule has 0 aliphatic carbocycles. The molecule has 1 radical (unpaired) electrons. The standard InChI is InChI=1S/C7H8NS/c1-9-7-4-2-6(8)3-5-7/h2-4H,8H2,1H3. The predicted octanol–water partition coefficient (Wildman–Crippen LogP) is 1.79. The summed E-state index contributed by atoms with van der Waals surface area (Å²) in [5.74, 6) is 0. The quantitative estimate of drug-likeness (QED) is 0.473. The highest BCUT2D eigenvalue weighted by Crippen LogP contribution is 2.14. The maximum absolute atomic E-state index is 5.44. The third kappa shape index (κ3) is 1.64. The van der Waals surface area contributed by atoms with Gasteiger partial charge >= 0.3 is 0 Å². The molecule has 1 aromatic carbocycles. The number of benzene rings is 1. The normalized spacial score (nSPS) is 9.44. The van der Waals surface area contributed by atoms with Crippen molar-refractivity contribution in [2.45, 2.75) is 4.90 Å². The SMILES string of the molecule is CSc1[c]cc(N)cc1. The molecule has 2 heteroatoms. The van der Waals surface area contributed by atoms with Crippen LogP contribution < -0.4 is 5.73 Å². The van der Waals surface area contributed by atoms with E-state index < -0.39 is 0 Å². The van der Waals surface area contributed by atoms with Crippen molar-refractivity contribution in [3.05, 3.63) is 24.3 Å². The minimum atomic E-state index is 0.771. The fraction of sp³-hybridized carbons (Fsp3) is 0.143. The summed E-state index contributed by atoms with van der Waals surface area (Å²) < 4.78 is 0. The molecule has 0 aromatic heterocycles. The molecular formula is C7H8NS. The zero-order chi connectivity index (χ0) is 6.69. The van der Waals surface area contributed by atoms with Gasteiger partial charge in [0.25, 0.3) is 0 Å². The van der Waals surface area contributed by atoms with Gasteiger partial charge in [0.15, 0.2) is 0 Å². The minimum Gasteiger partial charge on any atom is -0.399 e. The van der Waals surface area contributed by atoms with Crippen LogP contribution >= 0.6 is 11.8 Å². The third-order valence-corrected chi connectivity index (χ3v) is 1.72. The predicted molar refractivity (Wildman–Crippen MR) is 41.5 cm³/mol. The number of nitrogen functional groups attached to an aromatic ring is 1. The molecule has 0 saturated heterocycles. The van der Waals surface area contributed by atoms with Gasteiger partial charge in [-0.3, -0.25) is 0 Å². The number of anilines is 1. The Kier molecular flexibility index (Phi) is 2.01. The van der Waals surface area contributed by atoms with Gasteiger partial charge in [0, 0.05) is 10.6 Å². The van der Waals surface area contributed by atoms with Gasteiger partial charge in [0.2, 0.25) is 0 Å². The van der Waals surface area contributed by atoms with Crippen LogP contribution in [-0.2, 0) is 0 Å². The van der Waals surface area contributed by atoms with Crippen molar-refractivity contribution in [2.75, 3.05) is 12.0 Å². The summed E-state index contributed by atoms with van der Waals surface area (Å²) in [6.07, 6.45) is 2.02. The van der Waals surface area contributed by atoms with Crippen LogP contribution in [0.5, 0.6) is 0 Å². The number of hydrogen-bond donors (Lipinski definition) is 1. The summed E-state index contributed by atoms with van der Waals surface area (Å²) in [5, 5.41) is 0. The van der Waals surface area contributed by atoms with E-state index in [4.69, 9.17) is 5.73 Å². The molecule has 0 saturated carbocycles. The van der Waals surface area contributed by atoms with Gasteiger partial charge in [-0.2, -0.15) is 0 Å². The largest absolute Gasteiger partial charge is 0.399 e. The van der Waals surface area contributed by atoms with Crippen LogP contribution in [0.2, 0.25) is 0 Å². The highest BCUT2D eigenvalue weighted by atomic mass is 32.2. The topological polar surface area (TPSA) is 26.0 Å². The molecule has 0 heterocycles. The van der Waals surface area contributed by atoms with Crippen molar-refractivity contribution < 1.29 is 0 Å². The molecule has 47 valence electrons. The number of thioether (sulfide) groups is 1. The molecule has 2 N–H and O–H groups in total. The van der Waals surface area contributed by atoms with Gasteiger partial charge in [0.05, 0.1) is 0 Å². The van der Waals surface area contributed by atoms with Crippen molar-refractivity contribution >= 4 is 17.4 Å². The molecule has 0 bridgehead atoms. The average molecular weight is 138 g/mol. The van der Waals surface area contributed by atoms with Gasteiger partial charge in [-0.15, -0.1) is 11.8 Å². The maximum Gasteiger partial charge on any atom is 0.0321 e. The maximum atomic E-state index is 5.44. The molecule has 1 rings (SSSR count). The first-order valence-electron chi connectivity index (χ1n) is 2.64. The van der Waals surface area contributed by atoms with Crippen LogP contribution in [-0.4, -0.2) is 6.26 Å². The highest BCUT2D eigenvalue weighted by Gasteiger charge is 1.86. The van der Waals surface area contributed by atoms with E-state index >= 15 is 0 Å². The van der Waals surface area contributed by atoms with E-state index in [0.717, 1.165) is 10.6 Å². The van der Waals surface area contributed by atoms with Gasteiger partial charge in [-0.1, -0.05) is 0 Å². The van der Waals surface area contributed by atoms with Crippen molar-refractivity contribution in [3.63, 3.8) is 0 Å². The van der Waals surface area contributed by atoms with E-state index in [1.165, 1.54) is 0 Å². The summed E-state index contributed by atoms with van der Waals surface area (Å²) in [6, 6.07) is 8.64. The second-order valence-corrected chi connectivity index (χ2v) is 2.54. The lowest BCUT2D eigenvalue weighted by atomic mass is 10.3. The third-order valence-electron chi connectivity index (χ3n) is 1.03. The molecule has 0 spiro atoms. The fourth-order valence-corrected chi connectivity index (χ4v) is 0.930. The van der Waals surface area contributed by atoms with Crippen LogP contribution in [0.1, 0.15) is 0 Å². The smallest absolute Gasteiger partial charge is 0.0321 e. The number of hydrogen-bond acceptors (Lipinski definition) is 2. The number of nitrogens with two attached hydrogens (primary N) is 1. The van der Waals surface area contributed by atoms with E-state index in [1.807, 2.05) is 18.4 Å². The zero-order valence-electron chi connectivity index (χ0n) is 5.22. The van der Waals surface area contributed by atoms with E-state index in [2.05, 4.69) is 6.07 Å². The van der Waals surface area contributed by atoms with Gasteiger partial charge in [-0.05, 0) is 30.5 Å². The molecule has 1 nitrogen and oxygen atoms in total. The average Bonchev–Trinajstić information content (AvgIpc) is 1.90. The Balaban J connectivity index is 2.88. The Bertz CT molecular complexity index is 181. The minimum absolute atomic E-state index is 0.771. The zero-order valence-corrected chi connectivity index (χ0v) is 6.03. The summed E-state index contributed by atoms with van der Waals surface area (Å²) >= 11 is 1.67. The lowest BCUT2D eigenvalue weighted by Gasteiger charge is -1.93. The van der Waals surface area contributed by atoms with Crippen LogP contribution in [0, 0.1) is 6.07 Å². The first-order chi connectivity index (χ1) is 4.33. The molecule has 0 fully saturated rings. The molecule has 0 aliphatic heterocycles. The van der Waals surface area contributed by atoms with Gasteiger partial charge in [-0.25, -0.2) is 0 Å². The Labute approximate surface area is 59.3 Å². The Morgan fingerprint density at radius 3 is 2.78 bits per heavy atom. The van der Waals surface area contributed by atoms with Crippen LogP contribution in [0.25, 0.3) is 0 Å². The van der Waals surface area contributed by atoms with Crippen LogP contribution in [0.3, 0.4) is 0 Å². The summed E-state index contributed by atoms with van der Waals surface area (Å²) in [7, 11) is 0. The molecule has 0 unspecified atom stereocenters. The highest BCUT2D eigenvalue weighted by molar-refractivity contribution is 7.98. The summed E-state index contributed by atoms with van der Waals surface area (Å²) in [5.41, 5.74) is 6.21.